The van der Waals surface area contributed by atoms with Crippen LogP contribution in [-0.4, -0.2) is 10.1 Å². The Morgan fingerprint density at radius 3 is 2.83 bits per heavy atom. The number of aliphatic hydroxyl groups excluding tert-OH is 1. The molecule has 0 bridgehead atoms. The Morgan fingerprint density at radius 2 is 2.25 bits per heavy atom. The molecular formula is C9H8FNO. The Morgan fingerprint density at radius 1 is 1.50 bits per heavy atom. The van der Waals surface area contributed by atoms with Crippen LogP contribution in [-0.2, 0) is 0 Å². The van der Waals surface area contributed by atoms with Gasteiger partial charge in [0.05, 0.1) is 11.8 Å². The maximum absolute atomic E-state index is 13.0. The summed E-state index contributed by atoms with van der Waals surface area (Å²) in [5.74, 6) is -0.371. The highest BCUT2D eigenvalue weighted by molar-refractivity contribution is 5.64. The minimum Gasteiger partial charge on any atom is -0.507 e. The molecule has 3 heteroatoms. The molecule has 2 rings (SSSR count). The number of allylic oxidation sites excluding steroid dienone is 1. The van der Waals surface area contributed by atoms with Crippen LogP contribution in [0.4, 0.5) is 4.39 Å². The highest BCUT2D eigenvalue weighted by atomic mass is 19.1. The predicted molar refractivity (Wildman–Crippen MR) is 43.0 cm³/mol. The molecule has 62 valence electrons. The van der Waals surface area contributed by atoms with Gasteiger partial charge in [-0.3, -0.25) is 4.98 Å². The van der Waals surface area contributed by atoms with Gasteiger partial charge in [0.1, 0.15) is 5.76 Å². The van der Waals surface area contributed by atoms with Gasteiger partial charge in [-0.1, -0.05) is 0 Å². The first-order chi connectivity index (χ1) is 5.79. The summed E-state index contributed by atoms with van der Waals surface area (Å²) in [6.07, 6.45) is 4.34. The Bertz CT molecular complexity index is 340. The van der Waals surface area contributed by atoms with E-state index >= 15 is 0 Å². The van der Waals surface area contributed by atoms with E-state index in [4.69, 9.17) is 0 Å². The van der Waals surface area contributed by atoms with Crippen molar-refractivity contribution in [1.29, 1.82) is 0 Å². The van der Waals surface area contributed by atoms with Crippen LogP contribution in [0.5, 0.6) is 0 Å². The van der Waals surface area contributed by atoms with Crippen molar-refractivity contribution < 1.29 is 9.50 Å². The van der Waals surface area contributed by atoms with Crippen molar-refractivity contribution in [2.24, 2.45) is 0 Å². The summed E-state index contributed by atoms with van der Waals surface area (Å²) in [4.78, 5) is 3.60. The molecule has 1 aromatic rings. The van der Waals surface area contributed by atoms with E-state index in [1.54, 1.807) is 0 Å². The molecule has 1 aromatic heterocycles. The number of rotatable bonds is 1. The SMILES string of the molecule is OC(=C1CC1)c1ccncc1F. The minimum absolute atomic E-state index is 0.0925. The molecule has 1 aliphatic carbocycles. The van der Waals surface area contributed by atoms with Gasteiger partial charge in [-0.25, -0.2) is 4.39 Å². The van der Waals surface area contributed by atoms with E-state index < -0.39 is 5.82 Å². The molecule has 1 aliphatic rings. The average molecular weight is 165 g/mol. The second-order valence-electron chi connectivity index (χ2n) is 2.81. The van der Waals surface area contributed by atoms with Crippen molar-refractivity contribution >= 4 is 5.76 Å². The summed E-state index contributed by atoms with van der Waals surface area (Å²) in [5.41, 5.74) is 1.19. The van der Waals surface area contributed by atoms with E-state index in [0.717, 1.165) is 24.6 Å². The number of pyridine rings is 1. The van der Waals surface area contributed by atoms with Gasteiger partial charge in [-0.15, -0.1) is 0 Å². The molecule has 0 radical (unpaired) electrons. The summed E-state index contributed by atoms with van der Waals surface area (Å²) in [6, 6.07) is 1.48. The first-order valence-corrected chi connectivity index (χ1v) is 3.80. The summed E-state index contributed by atoms with van der Waals surface area (Å²) in [7, 11) is 0. The van der Waals surface area contributed by atoms with Gasteiger partial charge >= 0.3 is 0 Å². The van der Waals surface area contributed by atoms with Gasteiger partial charge in [0.2, 0.25) is 0 Å². The Kier molecular flexibility index (Phi) is 1.57. The molecular weight excluding hydrogens is 157 g/mol. The quantitative estimate of drug-likeness (QED) is 0.647. The standard InChI is InChI=1S/C9H8FNO/c10-8-5-11-4-3-7(8)9(12)6-1-2-6/h3-5,12H,1-2H2. The Balaban J connectivity index is 2.46. The highest BCUT2D eigenvalue weighted by Crippen LogP contribution is 2.35. The first-order valence-electron chi connectivity index (χ1n) is 3.80. The van der Waals surface area contributed by atoms with E-state index in [0.29, 0.717) is 0 Å². The van der Waals surface area contributed by atoms with Gasteiger partial charge < -0.3 is 5.11 Å². The van der Waals surface area contributed by atoms with E-state index in [1.807, 2.05) is 0 Å². The predicted octanol–water partition coefficient (Wildman–Crippen LogP) is 2.28. The zero-order valence-corrected chi connectivity index (χ0v) is 6.42. The van der Waals surface area contributed by atoms with Crippen LogP contribution in [0.2, 0.25) is 0 Å². The van der Waals surface area contributed by atoms with E-state index in [1.165, 1.54) is 12.3 Å². The van der Waals surface area contributed by atoms with Crippen LogP contribution in [0.3, 0.4) is 0 Å². The molecule has 0 saturated heterocycles. The van der Waals surface area contributed by atoms with Crippen molar-refractivity contribution in [2.75, 3.05) is 0 Å². The van der Waals surface area contributed by atoms with Crippen LogP contribution in [0, 0.1) is 5.82 Å². The van der Waals surface area contributed by atoms with E-state index in [2.05, 4.69) is 4.98 Å². The van der Waals surface area contributed by atoms with E-state index in [-0.39, 0.29) is 11.3 Å². The van der Waals surface area contributed by atoms with Gasteiger partial charge in [0.15, 0.2) is 5.82 Å². The van der Waals surface area contributed by atoms with Crippen molar-refractivity contribution in [3.8, 4) is 0 Å². The summed E-state index contributed by atoms with van der Waals surface area (Å²) >= 11 is 0. The molecule has 0 unspecified atom stereocenters. The maximum atomic E-state index is 13.0. The zero-order chi connectivity index (χ0) is 8.55. The third-order valence-electron chi connectivity index (χ3n) is 1.86. The van der Waals surface area contributed by atoms with Gasteiger partial charge in [-0.05, 0) is 24.5 Å². The number of hydrogen-bond acceptors (Lipinski definition) is 2. The topological polar surface area (TPSA) is 33.1 Å². The third kappa shape index (κ3) is 1.18. The molecule has 0 aliphatic heterocycles. The molecule has 0 aromatic carbocycles. The molecule has 0 spiro atoms. The van der Waals surface area contributed by atoms with Gasteiger partial charge in [-0.2, -0.15) is 0 Å². The summed E-state index contributed by atoms with van der Waals surface area (Å²) in [5, 5.41) is 9.45. The Labute approximate surface area is 69.4 Å². The van der Waals surface area contributed by atoms with Crippen LogP contribution in [0.25, 0.3) is 5.76 Å². The second kappa shape index (κ2) is 2.59. The fourth-order valence-corrected chi connectivity index (χ4v) is 1.06. The normalized spacial score (nSPS) is 14.6. The van der Waals surface area contributed by atoms with Crippen LogP contribution >= 0.6 is 0 Å². The lowest BCUT2D eigenvalue weighted by Crippen LogP contribution is -1.89. The number of aliphatic hydroxyl groups is 1. The number of halogens is 1. The van der Waals surface area contributed by atoms with Gasteiger partial charge in [0, 0.05) is 6.20 Å². The van der Waals surface area contributed by atoms with Crippen molar-refractivity contribution in [3.05, 3.63) is 35.4 Å². The maximum Gasteiger partial charge on any atom is 0.152 e. The van der Waals surface area contributed by atoms with Crippen molar-refractivity contribution in [2.45, 2.75) is 12.8 Å². The zero-order valence-electron chi connectivity index (χ0n) is 6.42. The van der Waals surface area contributed by atoms with Crippen LogP contribution in [0.1, 0.15) is 18.4 Å². The number of aromatic nitrogens is 1. The second-order valence-corrected chi connectivity index (χ2v) is 2.81. The lowest BCUT2D eigenvalue weighted by Gasteiger charge is -1.99. The Hall–Kier alpha value is -1.38. The molecule has 2 nitrogen and oxygen atoms in total. The molecule has 1 N–H and O–H groups in total. The highest BCUT2D eigenvalue weighted by Gasteiger charge is 2.20. The molecule has 12 heavy (non-hydrogen) atoms. The molecule has 0 atom stereocenters. The number of nitrogens with zero attached hydrogens (tertiary/aromatic N) is 1. The lowest BCUT2D eigenvalue weighted by atomic mass is 10.2. The average Bonchev–Trinajstić information content (AvgIpc) is 2.86. The fraction of sp³-hybridized carbons (Fsp3) is 0.222. The van der Waals surface area contributed by atoms with Gasteiger partial charge in [0.25, 0.3) is 0 Å². The largest absolute Gasteiger partial charge is 0.507 e. The van der Waals surface area contributed by atoms with Crippen molar-refractivity contribution in [1.82, 2.24) is 4.98 Å². The van der Waals surface area contributed by atoms with Crippen LogP contribution < -0.4 is 0 Å². The van der Waals surface area contributed by atoms with Crippen molar-refractivity contribution in [3.63, 3.8) is 0 Å². The third-order valence-corrected chi connectivity index (χ3v) is 1.86. The molecule has 1 saturated carbocycles. The molecule has 0 amide bonds. The van der Waals surface area contributed by atoms with Crippen LogP contribution in [0.15, 0.2) is 24.0 Å². The van der Waals surface area contributed by atoms with E-state index in [9.17, 15) is 9.50 Å². The number of hydrogen-bond donors (Lipinski definition) is 1. The fourth-order valence-electron chi connectivity index (χ4n) is 1.06. The summed E-state index contributed by atoms with van der Waals surface area (Å²) < 4.78 is 13.0. The lowest BCUT2D eigenvalue weighted by molar-refractivity contribution is 0.499. The molecule has 1 fully saturated rings. The molecule has 1 heterocycles. The minimum atomic E-state index is -0.464. The first kappa shape index (κ1) is 7.28. The smallest absolute Gasteiger partial charge is 0.152 e. The summed E-state index contributed by atoms with van der Waals surface area (Å²) in [6.45, 7) is 0. The monoisotopic (exact) mass is 165 g/mol.